The van der Waals surface area contributed by atoms with Crippen molar-refractivity contribution in [3.63, 3.8) is 0 Å². The van der Waals surface area contributed by atoms with Crippen LogP contribution in [0.15, 0.2) is 42.3 Å². The minimum Gasteiger partial charge on any atom is -0.482 e. The van der Waals surface area contributed by atoms with Crippen molar-refractivity contribution in [2.75, 3.05) is 6.73 Å². The molecule has 0 amide bonds. The van der Waals surface area contributed by atoms with Crippen LogP contribution in [-0.2, 0) is 16.1 Å². The van der Waals surface area contributed by atoms with Gasteiger partial charge in [0.1, 0.15) is 12.0 Å². The van der Waals surface area contributed by atoms with Gasteiger partial charge in [-0.1, -0.05) is 30.3 Å². The van der Waals surface area contributed by atoms with Gasteiger partial charge in [0.05, 0.1) is 0 Å². The van der Waals surface area contributed by atoms with Crippen LogP contribution in [0.1, 0.15) is 5.56 Å². The van der Waals surface area contributed by atoms with E-state index in [0.29, 0.717) is 19.0 Å². The molecule has 0 unspecified atom stereocenters. The molecule has 0 bridgehead atoms. The first-order chi connectivity index (χ1) is 7.38. The molecule has 1 aromatic carbocycles. The summed E-state index contributed by atoms with van der Waals surface area (Å²) in [5.74, 6) is 0. The summed E-state index contributed by atoms with van der Waals surface area (Å²) in [6.07, 6.45) is 2.16. The Morgan fingerprint density at radius 2 is 2.20 bits per heavy atom. The SMILES string of the molecule is O=CC1=COCN(Cc2ccccc2)N1. The molecule has 15 heavy (non-hydrogen) atoms. The van der Waals surface area contributed by atoms with Crippen LogP contribution >= 0.6 is 0 Å². The zero-order chi connectivity index (χ0) is 10.5. The molecule has 1 heterocycles. The van der Waals surface area contributed by atoms with Crippen molar-refractivity contribution in [2.45, 2.75) is 6.54 Å². The number of allylic oxidation sites excluding steroid dienone is 1. The van der Waals surface area contributed by atoms with E-state index in [1.165, 1.54) is 11.8 Å². The number of hydrogen-bond acceptors (Lipinski definition) is 4. The Morgan fingerprint density at radius 3 is 2.93 bits per heavy atom. The zero-order valence-corrected chi connectivity index (χ0v) is 8.22. The minimum absolute atomic E-state index is 0.437. The third kappa shape index (κ3) is 2.57. The highest BCUT2D eigenvalue weighted by atomic mass is 16.5. The van der Waals surface area contributed by atoms with E-state index in [4.69, 9.17) is 4.74 Å². The summed E-state index contributed by atoms with van der Waals surface area (Å²) < 4.78 is 5.13. The quantitative estimate of drug-likeness (QED) is 0.746. The molecular weight excluding hydrogens is 192 g/mol. The van der Waals surface area contributed by atoms with Crippen LogP contribution in [0.2, 0.25) is 0 Å². The highest BCUT2D eigenvalue weighted by Gasteiger charge is 2.11. The fourth-order valence-electron chi connectivity index (χ4n) is 1.40. The number of nitrogens with one attached hydrogen (secondary N) is 1. The second-order valence-electron chi connectivity index (χ2n) is 3.28. The molecule has 4 nitrogen and oxygen atoms in total. The lowest BCUT2D eigenvalue weighted by Crippen LogP contribution is -2.41. The summed E-state index contributed by atoms with van der Waals surface area (Å²) in [5, 5.41) is 1.83. The van der Waals surface area contributed by atoms with Gasteiger partial charge in [0.25, 0.3) is 0 Å². The number of benzene rings is 1. The maximum absolute atomic E-state index is 10.5. The topological polar surface area (TPSA) is 41.6 Å². The molecule has 0 fully saturated rings. The second kappa shape index (κ2) is 4.61. The average molecular weight is 204 g/mol. The molecule has 1 aliphatic rings. The minimum atomic E-state index is 0.437. The number of hydrogen-bond donors (Lipinski definition) is 1. The molecule has 0 atom stereocenters. The van der Waals surface area contributed by atoms with Gasteiger partial charge in [-0.05, 0) is 5.56 Å². The fraction of sp³-hybridized carbons (Fsp3) is 0.182. The molecule has 2 rings (SSSR count). The maximum Gasteiger partial charge on any atom is 0.170 e. The predicted octanol–water partition coefficient (Wildman–Crippen LogP) is 1.02. The van der Waals surface area contributed by atoms with Gasteiger partial charge in [-0.2, -0.15) is 5.01 Å². The Hall–Kier alpha value is -1.81. The van der Waals surface area contributed by atoms with Crippen LogP contribution in [0.5, 0.6) is 0 Å². The summed E-state index contributed by atoms with van der Waals surface area (Å²) in [7, 11) is 0. The first kappa shape index (κ1) is 9.73. The molecule has 0 aromatic heterocycles. The third-order valence-corrected chi connectivity index (χ3v) is 2.07. The molecule has 0 radical (unpaired) electrons. The third-order valence-electron chi connectivity index (χ3n) is 2.07. The van der Waals surface area contributed by atoms with Crippen LogP contribution in [0.25, 0.3) is 0 Å². The summed E-state index contributed by atoms with van der Waals surface area (Å²) in [6, 6.07) is 9.99. The first-order valence-corrected chi connectivity index (χ1v) is 4.71. The second-order valence-corrected chi connectivity index (χ2v) is 3.28. The summed E-state index contributed by atoms with van der Waals surface area (Å²) in [4.78, 5) is 10.5. The molecular formula is C11H12N2O2. The van der Waals surface area contributed by atoms with Crippen molar-refractivity contribution < 1.29 is 9.53 Å². The Labute approximate surface area is 88.1 Å². The van der Waals surface area contributed by atoms with E-state index in [2.05, 4.69) is 5.43 Å². The molecule has 0 aliphatic carbocycles. The van der Waals surface area contributed by atoms with E-state index in [-0.39, 0.29) is 0 Å². The van der Waals surface area contributed by atoms with Crippen molar-refractivity contribution in [1.82, 2.24) is 10.4 Å². The lowest BCUT2D eigenvalue weighted by atomic mass is 10.2. The van der Waals surface area contributed by atoms with Gasteiger partial charge in [-0.25, -0.2) is 0 Å². The molecule has 4 heteroatoms. The number of nitrogens with zero attached hydrogens (tertiary/aromatic N) is 1. The van der Waals surface area contributed by atoms with E-state index >= 15 is 0 Å². The number of aldehydes is 1. The predicted molar refractivity (Wildman–Crippen MR) is 55.2 cm³/mol. The fourth-order valence-corrected chi connectivity index (χ4v) is 1.40. The summed E-state index contributed by atoms with van der Waals surface area (Å²) >= 11 is 0. The standard InChI is InChI=1S/C11H12N2O2/c14-7-11-8-15-9-13(12-11)6-10-4-2-1-3-5-10/h1-5,7-8,12H,6,9H2. The Balaban J connectivity index is 1.97. The molecule has 1 N–H and O–H groups in total. The van der Waals surface area contributed by atoms with Crippen molar-refractivity contribution >= 4 is 6.29 Å². The number of ether oxygens (including phenoxy) is 1. The summed E-state index contributed by atoms with van der Waals surface area (Å²) in [5.41, 5.74) is 4.56. The van der Waals surface area contributed by atoms with Gasteiger partial charge in [0.2, 0.25) is 0 Å². The number of rotatable bonds is 3. The zero-order valence-electron chi connectivity index (χ0n) is 8.22. The van der Waals surface area contributed by atoms with E-state index in [1.807, 2.05) is 35.3 Å². The molecule has 0 saturated carbocycles. The Morgan fingerprint density at radius 1 is 1.40 bits per heavy atom. The lowest BCUT2D eigenvalue weighted by Gasteiger charge is -2.26. The van der Waals surface area contributed by atoms with Gasteiger partial charge in [0.15, 0.2) is 13.0 Å². The van der Waals surface area contributed by atoms with E-state index in [9.17, 15) is 4.79 Å². The van der Waals surface area contributed by atoms with Crippen LogP contribution in [0.3, 0.4) is 0 Å². The average Bonchev–Trinajstić information content (AvgIpc) is 2.31. The van der Waals surface area contributed by atoms with Gasteiger partial charge >= 0.3 is 0 Å². The molecule has 1 aromatic rings. The van der Waals surface area contributed by atoms with Crippen molar-refractivity contribution in [2.24, 2.45) is 0 Å². The smallest absolute Gasteiger partial charge is 0.170 e. The van der Waals surface area contributed by atoms with Crippen LogP contribution in [0, 0.1) is 0 Å². The van der Waals surface area contributed by atoms with E-state index < -0.39 is 0 Å². The largest absolute Gasteiger partial charge is 0.482 e. The molecule has 78 valence electrons. The van der Waals surface area contributed by atoms with Crippen molar-refractivity contribution in [3.8, 4) is 0 Å². The molecule has 0 saturated heterocycles. The highest BCUT2D eigenvalue weighted by molar-refractivity contribution is 5.71. The Bertz CT molecular complexity index is 362. The number of hydrazine groups is 1. The number of carbonyl (C=O) groups is 1. The monoisotopic (exact) mass is 204 g/mol. The van der Waals surface area contributed by atoms with Crippen LogP contribution in [-0.4, -0.2) is 18.0 Å². The maximum atomic E-state index is 10.5. The van der Waals surface area contributed by atoms with Gasteiger partial charge in [-0.3, -0.25) is 4.79 Å². The van der Waals surface area contributed by atoms with E-state index in [0.717, 1.165) is 6.29 Å². The molecule has 0 spiro atoms. The lowest BCUT2D eigenvalue weighted by molar-refractivity contribution is -0.107. The highest BCUT2D eigenvalue weighted by Crippen LogP contribution is 2.06. The number of carbonyl (C=O) groups excluding carboxylic acids is 1. The Kier molecular flexibility index (Phi) is 2.99. The molecule has 1 aliphatic heterocycles. The van der Waals surface area contributed by atoms with Gasteiger partial charge < -0.3 is 10.2 Å². The van der Waals surface area contributed by atoms with Crippen LogP contribution < -0.4 is 5.43 Å². The van der Waals surface area contributed by atoms with Gasteiger partial charge in [-0.15, -0.1) is 0 Å². The summed E-state index contributed by atoms with van der Waals surface area (Å²) in [6.45, 7) is 1.14. The van der Waals surface area contributed by atoms with E-state index in [1.54, 1.807) is 0 Å². The van der Waals surface area contributed by atoms with Crippen molar-refractivity contribution in [3.05, 3.63) is 47.9 Å². The van der Waals surface area contributed by atoms with Crippen molar-refractivity contribution in [1.29, 1.82) is 0 Å². The normalized spacial score (nSPS) is 16.1. The first-order valence-electron chi connectivity index (χ1n) is 4.71. The van der Waals surface area contributed by atoms with Gasteiger partial charge in [0, 0.05) is 6.54 Å². The van der Waals surface area contributed by atoms with Crippen LogP contribution in [0.4, 0.5) is 0 Å².